The van der Waals surface area contributed by atoms with Crippen molar-refractivity contribution in [3.05, 3.63) is 0 Å². The molecular weight excluding hydrogens is 348 g/mol. The van der Waals surface area contributed by atoms with Crippen LogP contribution in [0, 0.1) is 34.5 Å². The van der Waals surface area contributed by atoms with Crippen LogP contribution in [-0.4, -0.2) is 17.9 Å². The van der Waals surface area contributed by atoms with Gasteiger partial charge in [-0.1, -0.05) is 33.6 Å². The average molecular weight is 389 g/mol. The lowest BCUT2D eigenvalue weighted by Crippen LogP contribution is -2.54. The summed E-state index contributed by atoms with van der Waals surface area (Å²) in [7, 11) is 0. The molecular formula is C25H40O3. The Morgan fingerprint density at radius 2 is 1.86 bits per heavy atom. The van der Waals surface area contributed by atoms with E-state index in [0.29, 0.717) is 29.5 Å². The van der Waals surface area contributed by atoms with Crippen molar-refractivity contribution < 1.29 is 14.3 Å². The van der Waals surface area contributed by atoms with Crippen molar-refractivity contribution in [2.45, 2.75) is 110 Å². The largest absolute Gasteiger partial charge is 0.462 e. The Hall–Kier alpha value is -0.860. The summed E-state index contributed by atoms with van der Waals surface area (Å²) < 4.78 is 5.88. The lowest BCUT2D eigenvalue weighted by Gasteiger charge is -2.60. The van der Waals surface area contributed by atoms with Crippen LogP contribution >= 0.6 is 0 Å². The summed E-state index contributed by atoms with van der Waals surface area (Å²) in [5.41, 5.74) is 0.372. The maximum absolute atomic E-state index is 12.6. The smallest absolute Gasteiger partial charge is 0.306 e. The van der Waals surface area contributed by atoms with Crippen molar-refractivity contribution in [3.63, 3.8) is 0 Å². The first kappa shape index (κ1) is 20.4. The standard InChI is InChI=1S/C25H40O3/c1-4-5-6-7-23(27)28-18-12-14-24(2)17(16-18)8-9-19-20-10-11-22(26)25(20,3)15-13-21(19)24/h17-21H,4-16H2,1-3H3/t17-,18+,19-,20-,21-,24-,25-/m0/s1. The molecule has 0 heterocycles. The van der Waals surface area contributed by atoms with Crippen molar-refractivity contribution in [1.82, 2.24) is 0 Å². The van der Waals surface area contributed by atoms with Crippen LogP contribution in [0.3, 0.4) is 0 Å². The normalized spacial score (nSPS) is 45.1. The summed E-state index contributed by atoms with van der Waals surface area (Å²) in [6, 6.07) is 0. The number of ketones is 1. The zero-order valence-corrected chi connectivity index (χ0v) is 18.3. The number of hydrogen-bond acceptors (Lipinski definition) is 3. The van der Waals surface area contributed by atoms with Gasteiger partial charge in [0.1, 0.15) is 11.9 Å². The van der Waals surface area contributed by atoms with Crippen molar-refractivity contribution >= 4 is 11.8 Å². The maximum atomic E-state index is 12.6. The van der Waals surface area contributed by atoms with E-state index in [1.54, 1.807) is 0 Å². The molecule has 0 radical (unpaired) electrons. The summed E-state index contributed by atoms with van der Waals surface area (Å²) >= 11 is 0. The molecule has 0 unspecified atom stereocenters. The van der Waals surface area contributed by atoms with Crippen LogP contribution < -0.4 is 0 Å². The molecule has 28 heavy (non-hydrogen) atoms. The first-order valence-electron chi connectivity index (χ1n) is 12.1. The lowest BCUT2D eigenvalue weighted by molar-refractivity contribution is -0.162. The predicted octanol–water partition coefficient (Wildman–Crippen LogP) is 6.09. The third-order valence-corrected chi connectivity index (χ3v) is 9.61. The number of carbonyl (C=O) groups excluding carboxylic acids is 2. The highest BCUT2D eigenvalue weighted by atomic mass is 16.5. The molecule has 0 spiro atoms. The van der Waals surface area contributed by atoms with Crippen molar-refractivity contribution in [2.24, 2.45) is 34.5 Å². The molecule has 0 bridgehead atoms. The average Bonchev–Trinajstić information content (AvgIpc) is 2.97. The minimum Gasteiger partial charge on any atom is -0.462 e. The fourth-order valence-corrected chi connectivity index (χ4v) is 7.86. The van der Waals surface area contributed by atoms with E-state index >= 15 is 0 Å². The van der Waals surface area contributed by atoms with E-state index in [1.165, 1.54) is 25.7 Å². The minimum atomic E-state index is -0.0183. The first-order valence-corrected chi connectivity index (χ1v) is 12.1. The third-order valence-electron chi connectivity index (χ3n) is 9.61. The van der Waals surface area contributed by atoms with Crippen LogP contribution in [0.1, 0.15) is 104 Å². The van der Waals surface area contributed by atoms with Gasteiger partial charge < -0.3 is 4.74 Å². The zero-order chi connectivity index (χ0) is 19.9. The van der Waals surface area contributed by atoms with E-state index in [-0.39, 0.29) is 17.5 Å². The Balaban J connectivity index is 1.39. The van der Waals surface area contributed by atoms with Crippen LogP contribution in [0.15, 0.2) is 0 Å². The molecule has 3 nitrogen and oxygen atoms in total. The number of unbranched alkanes of at least 4 members (excludes halogenated alkanes) is 2. The van der Waals surface area contributed by atoms with Gasteiger partial charge in [-0.3, -0.25) is 9.59 Å². The lowest BCUT2D eigenvalue weighted by atomic mass is 9.45. The molecule has 7 atom stereocenters. The number of rotatable bonds is 5. The van der Waals surface area contributed by atoms with Crippen LogP contribution in [0.5, 0.6) is 0 Å². The quantitative estimate of drug-likeness (QED) is 0.423. The second-order valence-corrected chi connectivity index (χ2v) is 10.9. The minimum absolute atomic E-state index is 0.0183. The van der Waals surface area contributed by atoms with Crippen LogP contribution in [0.4, 0.5) is 0 Å². The van der Waals surface area contributed by atoms with Crippen molar-refractivity contribution in [2.75, 3.05) is 0 Å². The molecule has 4 rings (SSSR count). The number of hydrogen-bond donors (Lipinski definition) is 0. The van der Waals surface area contributed by atoms with Gasteiger partial charge in [0.25, 0.3) is 0 Å². The van der Waals surface area contributed by atoms with Gasteiger partial charge in [0.2, 0.25) is 0 Å². The highest BCUT2D eigenvalue weighted by molar-refractivity contribution is 5.87. The second kappa shape index (κ2) is 7.76. The molecule has 4 aliphatic carbocycles. The molecule has 4 saturated carbocycles. The molecule has 0 amide bonds. The van der Waals surface area contributed by atoms with Gasteiger partial charge in [-0.05, 0) is 86.9 Å². The molecule has 0 saturated heterocycles. The summed E-state index contributed by atoms with van der Waals surface area (Å²) in [6.45, 7) is 6.97. The molecule has 4 fully saturated rings. The Bertz CT molecular complexity index is 613. The topological polar surface area (TPSA) is 43.4 Å². The second-order valence-electron chi connectivity index (χ2n) is 10.9. The predicted molar refractivity (Wildman–Crippen MR) is 111 cm³/mol. The summed E-state index contributed by atoms with van der Waals surface area (Å²) in [6.07, 6.45) is 14.1. The summed E-state index contributed by atoms with van der Waals surface area (Å²) in [4.78, 5) is 24.7. The van der Waals surface area contributed by atoms with Crippen LogP contribution in [0.2, 0.25) is 0 Å². The van der Waals surface area contributed by atoms with E-state index in [9.17, 15) is 9.59 Å². The van der Waals surface area contributed by atoms with Gasteiger partial charge in [0.15, 0.2) is 0 Å². The Morgan fingerprint density at radius 3 is 2.64 bits per heavy atom. The van der Waals surface area contributed by atoms with E-state index < -0.39 is 0 Å². The fraction of sp³-hybridized carbons (Fsp3) is 0.920. The van der Waals surface area contributed by atoms with Gasteiger partial charge in [0, 0.05) is 18.3 Å². The SMILES string of the molecule is CCCCCC(=O)O[C@@H]1CC[C@@]2(C)[C@@H](CC[C@@H]3[C@@H]2CC[C@]2(C)C(=O)CC[C@@H]32)C1. The third kappa shape index (κ3) is 3.35. The van der Waals surface area contributed by atoms with Gasteiger partial charge in [-0.2, -0.15) is 0 Å². The highest BCUT2D eigenvalue weighted by Gasteiger charge is 2.60. The van der Waals surface area contributed by atoms with Gasteiger partial charge >= 0.3 is 5.97 Å². The number of ether oxygens (including phenoxy) is 1. The van der Waals surface area contributed by atoms with Gasteiger partial charge in [-0.25, -0.2) is 0 Å². The molecule has 0 N–H and O–H groups in total. The number of Topliss-reactive ketones (excluding diaryl/α,β-unsaturated/α-hetero) is 1. The Kier molecular flexibility index (Phi) is 5.66. The zero-order valence-electron chi connectivity index (χ0n) is 18.3. The summed E-state index contributed by atoms with van der Waals surface area (Å²) in [5, 5.41) is 0. The van der Waals surface area contributed by atoms with Crippen LogP contribution in [-0.2, 0) is 14.3 Å². The number of fused-ring (bicyclic) bond motifs is 5. The van der Waals surface area contributed by atoms with Crippen molar-refractivity contribution in [1.29, 1.82) is 0 Å². The summed E-state index contributed by atoms with van der Waals surface area (Å²) in [5.74, 6) is 3.41. The number of carbonyl (C=O) groups is 2. The highest BCUT2D eigenvalue weighted by Crippen LogP contribution is 2.65. The van der Waals surface area contributed by atoms with E-state index in [4.69, 9.17) is 4.74 Å². The van der Waals surface area contributed by atoms with Gasteiger partial charge in [-0.15, -0.1) is 0 Å². The van der Waals surface area contributed by atoms with Crippen molar-refractivity contribution in [3.8, 4) is 0 Å². The Morgan fingerprint density at radius 1 is 1.04 bits per heavy atom. The maximum Gasteiger partial charge on any atom is 0.306 e. The molecule has 3 heteroatoms. The van der Waals surface area contributed by atoms with Crippen LogP contribution in [0.25, 0.3) is 0 Å². The molecule has 0 aromatic rings. The first-order chi connectivity index (χ1) is 13.4. The van der Waals surface area contributed by atoms with E-state index in [0.717, 1.165) is 63.2 Å². The molecule has 4 aliphatic rings. The van der Waals surface area contributed by atoms with E-state index in [2.05, 4.69) is 20.8 Å². The Labute approximate surface area is 171 Å². The van der Waals surface area contributed by atoms with Gasteiger partial charge in [0.05, 0.1) is 0 Å². The monoisotopic (exact) mass is 388 g/mol. The number of esters is 1. The molecule has 158 valence electrons. The fourth-order valence-electron chi connectivity index (χ4n) is 7.86. The van der Waals surface area contributed by atoms with E-state index in [1.807, 2.05) is 0 Å². The molecule has 0 aromatic carbocycles. The molecule has 0 aromatic heterocycles. The molecule has 0 aliphatic heterocycles.